The lowest BCUT2D eigenvalue weighted by Gasteiger charge is -2.07. The minimum atomic E-state index is -0.659. The van der Waals surface area contributed by atoms with Crippen molar-refractivity contribution in [3.05, 3.63) is 101 Å². The minimum Gasteiger partial charge on any atom is -0.443 e. The molecule has 0 saturated heterocycles. The molecule has 3 aromatic carbocycles. The Morgan fingerprint density at radius 2 is 1.45 bits per heavy atom. The van der Waals surface area contributed by atoms with Crippen LogP contribution in [0.2, 0.25) is 0 Å². The third-order valence-electron chi connectivity index (χ3n) is 4.96. The summed E-state index contributed by atoms with van der Waals surface area (Å²) in [6.45, 7) is 2.94. The van der Waals surface area contributed by atoms with Crippen LogP contribution in [0.5, 0.6) is 0 Å². The fourth-order valence-electron chi connectivity index (χ4n) is 3.33. The van der Waals surface area contributed by atoms with Gasteiger partial charge in [0.05, 0.1) is 0 Å². The second-order valence-corrected chi connectivity index (χ2v) is 8.00. The Kier molecular flexibility index (Phi) is 5.81. The van der Waals surface area contributed by atoms with Crippen molar-refractivity contribution in [1.29, 1.82) is 0 Å². The van der Waals surface area contributed by atoms with E-state index in [4.69, 9.17) is 0 Å². The number of benzene rings is 3. The molecule has 1 heterocycles. The SMILES string of the molecule is C=c1/c(=C\C=C\B(O)c2ccccc2)sc2ccc(B(O)c3ccccc3)cc12. The highest BCUT2D eigenvalue weighted by molar-refractivity contribution is 7.17. The summed E-state index contributed by atoms with van der Waals surface area (Å²) in [5, 5.41) is 22.9. The summed E-state index contributed by atoms with van der Waals surface area (Å²) < 4.78 is 2.17. The Hall–Kier alpha value is -2.85. The van der Waals surface area contributed by atoms with Crippen molar-refractivity contribution in [2.45, 2.75) is 0 Å². The summed E-state index contributed by atoms with van der Waals surface area (Å²) in [7, 11) is 0. The quantitative estimate of drug-likeness (QED) is 0.500. The number of fused-ring (bicyclic) bond motifs is 1. The molecule has 0 aliphatic heterocycles. The minimum absolute atomic E-state index is 0.636. The molecule has 0 atom stereocenters. The maximum atomic E-state index is 10.7. The predicted octanol–water partition coefficient (Wildman–Crippen LogP) is 1.18. The van der Waals surface area contributed by atoms with Crippen LogP contribution in [0.1, 0.15) is 0 Å². The lowest BCUT2D eigenvalue weighted by atomic mass is 9.56. The monoisotopic (exact) mass is 394 g/mol. The van der Waals surface area contributed by atoms with Crippen molar-refractivity contribution in [3.63, 3.8) is 0 Å². The molecule has 1 aromatic heterocycles. The summed E-state index contributed by atoms with van der Waals surface area (Å²) in [5.41, 5.74) is 2.59. The van der Waals surface area contributed by atoms with Gasteiger partial charge in [-0.3, -0.25) is 0 Å². The van der Waals surface area contributed by atoms with Gasteiger partial charge in [-0.25, -0.2) is 0 Å². The lowest BCUT2D eigenvalue weighted by molar-refractivity contribution is 0.599. The molecule has 0 bridgehead atoms. The molecule has 2 nitrogen and oxygen atoms in total. The van der Waals surface area contributed by atoms with Gasteiger partial charge < -0.3 is 10.0 Å². The molecule has 0 spiro atoms. The zero-order valence-corrected chi connectivity index (χ0v) is 16.7. The van der Waals surface area contributed by atoms with Crippen LogP contribution >= 0.6 is 11.3 Å². The van der Waals surface area contributed by atoms with Crippen molar-refractivity contribution in [2.24, 2.45) is 0 Å². The van der Waals surface area contributed by atoms with Crippen molar-refractivity contribution < 1.29 is 10.0 Å². The van der Waals surface area contributed by atoms with E-state index < -0.39 is 13.8 Å². The second kappa shape index (κ2) is 8.66. The Morgan fingerprint density at radius 1 is 0.793 bits per heavy atom. The van der Waals surface area contributed by atoms with Crippen LogP contribution in [0, 0.1) is 0 Å². The van der Waals surface area contributed by atoms with Crippen LogP contribution in [0.25, 0.3) is 22.7 Å². The van der Waals surface area contributed by atoms with Crippen molar-refractivity contribution in [2.75, 3.05) is 0 Å². The Balaban J connectivity index is 1.63. The van der Waals surface area contributed by atoms with Gasteiger partial charge in [-0.2, -0.15) is 0 Å². The van der Waals surface area contributed by atoms with Crippen LogP contribution in [-0.2, 0) is 0 Å². The van der Waals surface area contributed by atoms with Crippen LogP contribution in [0.4, 0.5) is 0 Å². The van der Waals surface area contributed by atoms with Crippen molar-refractivity contribution >= 4 is 64.3 Å². The molecule has 0 radical (unpaired) electrons. The van der Waals surface area contributed by atoms with Crippen LogP contribution < -0.4 is 26.1 Å². The van der Waals surface area contributed by atoms with E-state index in [2.05, 4.69) is 6.58 Å². The zero-order chi connectivity index (χ0) is 20.2. The van der Waals surface area contributed by atoms with E-state index in [1.165, 1.54) is 0 Å². The summed E-state index contributed by atoms with van der Waals surface area (Å²) in [6, 6.07) is 25.2. The molecule has 0 aliphatic rings. The molecule has 5 heteroatoms. The van der Waals surface area contributed by atoms with Gasteiger partial charge in [-0.1, -0.05) is 91.4 Å². The lowest BCUT2D eigenvalue weighted by Crippen LogP contribution is -2.42. The predicted molar refractivity (Wildman–Crippen MR) is 128 cm³/mol. The highest BCUT2D eigenvalue weighted by Gasteiger charge is 2.17. The van der Waals surface area contributed by atoms with Crippen LogP contribution in [0.3, 0.4) is 0 Å². The normalized spacial score (nSPS) is 12.0. The zero-order valence-electron chi connectivity index (χ0n) is 15.9. The molecule has 0 amide bonds. The number of hydrogen-bond acceptors (Lipinski definition) is 3. The van der Waals surface area contributed by atoms with Gasteiger partial charge in [0.2, 0.25) is 0 Å². The maximum absolute atomic E-state index is 10.7. The fraction of sp³-hybridized carbons (Fsp3) is 0. The topological polar surface area (TPSA) is 40.5 Å². The molecule has 2 N–H and O–H groups in total. The van der Waals surface area contributed by atoms with Gasteiger partial charge in [-0.05, 0) is 39.1 Å². The van der Waals surface area contributed by atoms with Crippen molar-refractivity contribution in [3.8, 4) is 0 Å². The summed E-state index contributed by atoms with van der Waals surface area (Å²) in [5.74, 6) is 1.77. The van der Waals surface area contributed by atoms with E-state index in [9.17, 15) is 10.0 Å². The maximum Gasteiger partial charge on any atom is 0.358 e. The molecule has 4 rings (SSSR count). The van der Waals surface area contributed by atoms with E-state index in [0.717, 1.165) is 36.2 Å². The van der Waals surface area contributed by atoms with Crippen LogP contribution in [0.15, 0.2) is 90.9 Å². The molecule has 4 aromatic rings. The first-order valence-electron chi connectivity index (χ1n) is 9.49. The van der Waals surface area contributed by atoms with E-state index in [-0.39, 0.29) is 0 Å². The Morgan fingerprint density at radius 3 is 2.14 bits per heavy atom. The van der Waals surface area contributed by atoms with Crippen LogP contribution in [-0.4, -0.2) is 23.9 Å². The van der Waals surface area contributed by atoms with Gasteiger partial charge in [0.1, 0.15) is 0 Å². The number of rotatable bonds is 5. The molecule has 0 unspecified atom stereocenters. The van der Waals surface area contributed by atoms with Crippen molar-refractivity contribution in [1.82, 2.24) is 0 Å². The highest BCUT2D eigenvalue weighted by atomic mass is 32.1. The number of hydrogen-bond donors (Lipinski definition) is 2. The summed E-state index contributed by atoms with van der Waals surface area (Å²) >= 11 is 1.66. The van der Waals surface area contributed by atoms with Gasteiger partial charge in [0.25, 0.3) is 0 Å². The molecule has 0 fully saturated rings. The molecule has 0 saturated carbocycles. The van der Waals surface area contributed by atoms with Gasteiger partial charge >= 0.3 is 13.8 Å². The Labute approximate surface area is 175 Å². The van der Waals surface area contributed by atoms with E-state index in [1.807, 2.05) is 91.0 Å². The smallest absolute Gasteiger partial charge is 0.358 e. The first kappa shape index (κ1) is 19.5. The van der Waals surface area contributed by atoms with E-state index >= 15 is 0 Å². The second-order valence-electron chi connectivity index (χ2n) is 6.92. The molecular weight excluding hydrogens is 374 g/mol. The fourth-order valence-corrected chi connectivity index (χ4v) is 4.37. The highest BCUT2D eigenvalue weighted by Crippen LogP contribution is 2.11. The first-order valence-corrected chi connectivity index (χ1v) is 10.3. The largest absolute Gasteiger partial charge is 0.443 e. The van der Waals surface area contributed by atoms with E-state index in [1.54, 1.807) is 17.3 Å². The molecule has 29 heavy (non-hydrogen) atoms. The third kappa shape index (κ3) is 4.27. The number of thiophene rings is 1. The van der Waals surface area contributed by atoms with Gasteiger partial charge in [0, 0.05) is 9.23 Å². The van der Waals surface area contributed by atoms with E-state index in [0.29, 0.717) is 0 Å². The molecule has 140 valence electrons. The molecule has 0 aliphatic carbocycles. The average Bonchev–Trinajstić information content (AvgIpc) is 3.09. The summed E-state index contributed by atoms with van der Waals surface area (Å²) in [4.78, 5) is 0. The number of allylic oxidation sites excluding steroid dienone is 1. The average molecular weight is 394 g/mol. The molecular formula is C24H20B2O2S. The third-order valence-corrected chi connectivity index (χ3v) is 6.14. The first-order chi connectivity index (χ1) is 14.1. The van der Waals surface area contributed by atoms with Gasteiger partial charge in [-0.15, -0.1) is 11.3 Å². The summed E-state index contributed by atoms with van der Waals surface area (Å²) in [6.07, 6.45) is 3.85. The standard InChI is InChI=1S/C24H20B2O2S/c1-18-22-17-21(26(28)20-11-6-3-7-12-20)14-15-24(22)29-23(18)13-8-16-25(27)19-9-4-2-5-10-19/h2-17,27-28H,1H2/b16-8+,23-13+. The van der Waals surface area contributed by atoms with Gasteiger partial charge in [0.15, 0.2) is 0 Å². The Bertz CT molecular complexity index is 1250.